The Labute approximate surface area is 88.3 Å². The van der Waals surface area contributed by atoms with E-state index in [0.29, 0.717) is 10.5 Å². The summed E-state index contributed by atoms with van der Waals surface area (Å²) in [5.74, 6) is -1.14. The number of carboxylic acids is 1. The van der Waals surface area contributed by atoms with E-state index in [2.05, 4.69) is 13.8 Å². The highest BCUT2D eigenvalue weighted by molar-refractivity contribution is 8.00. The lowest BCUT2D eigenvalue weighted by atomic mass is 10.2. The molecule has 0 radical (unpaired) electrons. The fraction of sp³-hybridized carbons (Fsp3) is 0.889. The highest BCUT2D eigenvalue weighted by Crippen LogP contribution is 2.24. The van der Waals surface area contributed by atoms with Crippen LogP contribution in [0.15, 0.2) is 0 Å². The first kappa shape index (κ1) is 11.8. The van der Waals surface area contributed by atoms with E-state index in [1.54, 1.807) is 0 Å². The molecule has 3 unspecified atom stereocenters. The maximum Gasteiger partial charge on any atom is 0.333 e. The van der Waals surface area contributed by atoms with Crippen LogP contribution in [0.2, 0.25) is 0 Å². The van der Waals surface area contributed by atoms with Gasteiger partial charge in [-0.1, -0.05) is 13.8 Å². The van der Waals surface area contributed by atoms with Gasteiger partial charge in [-0.25, -0.2) is 4.79 Å². The quantitative estimate of drug-likeness (QED) is 0.713. The maximum atomic E-state index is 10.5. The highest BCUT2D eigenvalue weighted by atomic mass is 32.2. The Bertz CT molecular complexity index is 202. The number of rotatable bonds is 3. The van der Waals surface area contributed by atoms with Crippen LogP contribution in [0, 0.1) is 0 Å². The van der Waals surface area contributed by atoms with Gasteiger partial charge < -0.3 is 10.2 Å². The second-order valence-electron chi connectivity index (χ2n) is 3.83. The number of hydrogen-bond donors (Lipinski definition) is 2. The molecule has 0 aromatic rings. The Kier molecular flexibility index (Phi) is 4.22. The smallest absolute Gasteiger partial charge is 0.333 e. The lowest BCUT2D eigenvalue weighted by molar-refractivity contribution is -0.147. The minimum Gasteiger partial charge on any atom is -0.479 e. The third-order valence-electron chi connectivity index (χ3n) is 2.21. The van der Waals surface area contributed by atoms with Crippen LogP contribution in [-0.4, -0.2) is 57.3 Å². The van der Waals surface area contributed by atoms with E-state index >= 15 is 0 Å². The molecule has 1 saturated heterocycles. The van der Waals surface area contributed by atoms with Gasteiger partial charge in [-0.05, 0) is 0 Å². The Morgan fingerprint density at radius 3 is 2.43 bits per heavy atom. The molecular formula is C9H17NO3S. The number of thioether (sulfide) groups is 1. The molecule has 1 heterocycles. The van der Waals surface area contributed by atoms with Crippen LogP contribution >= 0.6 is 11.8 Å². The molecule has 82 valence electrons. The fourth-order valence-corrected chi connectivity index (χ4v) is 3.14. The summed E-state index contributed by atoms with van der Waals surface area (Å²) >= 11 is 1.91. The third kappa shape index (κ3) is 3.48. The van der Waals surface area contributed by atoms with E-state index in [4.69, 9.17) is 5.11 Å². The molecule has 0 aromatic carbocycles. The fourth-order valence-electron chi connectivity index (χ4n) is 1.76. The molecule has 3 atom stereocenters. The van der Waals surface area contributed by atoms with Crippen LogP contribution in [0.1, 0.15) is 13.8 Å². The Hall–Kier alpha value is -0.260. The van der Waals surface area contributed by atoms with Gasteiger partial charge >= 0.3 is 5.97 Å². The van der Waals surface area contributed by atoms with E-state index in [9.17, 15) is 9.90 Å². The van der Waals surface area contributed by atoms with Crippen LogP contribution in [0.25, 0.3) is 0 Å². The van der Waals surface area contributed by atoms with Gasteiger partial charge in [0.1, 0.15) is 0 Å². The molecule has 14 heavy (non-hydrogen) atoms. The average molecular weight is 219 g/mol. The minimum absolute atomic E-state index is 0.241. The summed E-state index contributed by atoms with van der Waals surface area (Å²) in [6, 6.07) is 0. The van der Waals surface area contributed by atoms with E-state index in [-0.39, 0.29) is 6.54 Å². The summed E-state index contributed by atoms with van der Waals surface area (Å²) in [7, 11) is 0. The van der Waals surface area contributed by atoms with E-state index in [1.807, 2.05) is 16.7 Å². The van der Waals surface area contributed by atoms with E-state index in [1.165, 1.54) is 0 Å². The van der Waals surface area contributed by atoms with Crippen LogP contribution in [0.5, 0.6) is 0 Å². The van der Waals surface area contributed by atoms with E-state index < -0.39 is 12.1 Å². The lowest BCUT2D eigenvalue weighted by Gasteiger charge is -2.34. The molecule has 0 spiro atoms. The molecule has 0 bridgehead atoms. The number of aliphatic carboxylic acids is 1. The maximum absolute atomic E-state index is 10.5. The lowest BCUT2D eigenvalue weighted by Crippen LogP contribution is -2.45. The van der Waals surface area contributed by atoms with Crippen molar-refractivity contribution < 1.29 is 15.0 Å². The van der Waals surface area contributed by atoms with Gasteiger partial charge in [-0.3, -0.25) is 4.90 Å². The molecule has 0 aromatic heterocycles. The molecule has 4 nitrogen and oxygen atoms in total. The summed E-state index contributed by atoms with van der Waals surface area (Å²) in [5.41, 5.74) is 0. The zero-order valence-electron chi connectivity index (χ0n) is 8.51. The molecule has 0 amide bonds. The van der Waals surface area contributed by atoms with Crippen molar-refractivity contribution >= 4 is 17.7 Å². The third-order valence-corrected chi connectivity index (χ3v) is 3.44. The van der Waals surface area contributed by atoms with E-state index in [0.717, 1.165) is 13.1 Å². The molecule has 1 aliphatic rings. The van der Waals surface area contributed by atoms with Gasteiger partial charge in [-0.15, -0.1) is 0 Å². The van der Waals surface area contributed by atoms with Crippen molar-refractivity contribution in [3.05, 3.63) is 0 Å². The molecule has 5 heteroatoms. The normalized spacial score (nSPS) is 31.4. The average Bonchev–Trinajstić information content (AvgIpc) is 2.01. The topological polar surface area (TPSA) is 60.8 Å². The molecule has 0 aliphatic carbocycles. The zero-order valence-corrected chi connectivity index (χ0v) is 9.33. The number of nitrogens with zero attached hydrogens (tertiary/aromatic N) is 1. The van der Waals surface area contributed by atoms with Crippen molar-refractivity contribution in [1.29, 1.82) is 0 Å². The number of carbonyl (C=O) groups is 1. The van der Waals surface area contributed by atoms with Crippen molar-refractivity contribution in [2.75, 3.05) is 19.6 Å². The summed E-state index contributed by atoms with van der Waals surface area (Å²) in [6.45, 7) is 6.21. The number of β-amino-alcohol motifs (C(OH)–C–C–N with tert-alkyl or cyclic N) is 1. The van der Waals surface area contributed by atoms with Crippen molar-refractivity contribution in [3.63, 3.8) is 0 Å². The van der Waals surface area contributed by atoms with Crippen LogP contribution in [0.3, 0.4) is 0 Å². The monoisotopic (exact) mass is 219 g/mol. The van der Waals surface area contributed by atoms with Crippen LogP contribution in [-0.2, 0) is 4.79 Å². The molecule has 2 N–H and O–H groups in total. The molecular weight excluding hydrogens is 202 g/mol. The van der Waals surface area contributed by atoms with Crippen molar-refractivity contribution in [3.8, 4) is 0 Å². The second kappa shape index (κ2) is 5.00. The van der Waals surface area contributed by atoms with Crippen molar-refractivity contribution in [2.45, 2.75) is 30.5 Å². The second-order valence-corrected chi connectivity index (χ2v) is 5.71. The molecule has 0 saturated carbocycles. The number of aliphatic hydroxyl groups is 1. The summed E-state index contributed by atoms with van der Waals surface area (Å²) in [4.78, 5) is 12.5. The zero-order chi connectivity index (χ0) is 10.7. The molecule has 1 aliphatic heterocycles. The van der Waals surface area contributed by atoms with Gasteiger partial charge in [0.2, 0.25) is 0 Å². The molecule has 1 fully saturated rings. The van der Waals surface area contributed by atoms with Crippen LogP contribution < -0.4 is 0 Å². The number of hydrogen-bond acceptors (Lipinski definition) is 4. The first-order valence-electron chi connectivity index (χ1n) is 4.77. The highest BCUT2D eigenvalue weighted by Gasteiger charge is 2.25. The van der Waals surface area contributed by atoms with Gasteiger partial charge in [0.05, 0.1) is 0 Å². The SMILES string of the molecule is CC1CN(CC(O)C(=O)O)CC(C)S1. The number of aliphatic hydroxyl groups excluding tert-OH is 1. The van der Waals surface area contributed by atoms with Gasteiger partial charge in [-0.2, -0.15) is 11.8 Å². The Morgan fingerprint density at radius 1 is 1.50 bits per heavy atom. The predicted molar refractivity (Wildman–Crippen MR) is 56.6 cm³/mol. The Morgan fingerprint density at radius 2 is 2.00 bits per heavy atom. The van der Waals surface area contributed by atoms with Gasteiger partial charge in [0.15, 0.2) is 6.10 Å². The van der Waals surface area contributed by atoms with Crippen molar-refractivity contribution in [1.82, 2.24) is 4.90 Å². The number of carboxylic acid groups (broad SMARTS) is 1. The van der Waals surface area contributed by atoms with Gasteiger partial charge in [0.25, 0.3) is 0 Å². The Balaban J connectivity index is 2.40. The standard InChI is InChI=1S/C9H17NO3S/c1-6-3-10(4-7(2)14-6)5-8(11)9(12)13/h6-8,11H,3-5H2,1-2H3,(H,12,13). The summed E-state index contributed by atoms with van der Waals surface area (Å²) < 4.78 is 0. The van der Waals surface area contributed by atoms with Crippen molar-refractivity contribution in [2.24, 2.45) is 0 Å². The predicted octanol–water partition coefficient (Wildman–Crippen LogP) is 0.258. The summed E-state index contributed by atoms with van der Waals surface area (Å²) in [6.07, 6.45) is -1.25. The first-order valence-corrected chi connectivity index (χ1v) is 5.72. The van der Waals surface area contributed by atoms with Crippen LogP contribution in [0.4, 0.5) is 0 Å². The van der Waals surface area contributed by atoms with Gasteiger partial charge in [0, 0.05) is 30.1 Å². The first-order chi connectivity index (χ1) is 6.49. The largest absolute Gasteiger partial charge is 0.479 e. The minimum atomic E-state index is -1.25. The molecule has 1 rings (SSSR count). The summed E-state index contributed by atoms with van der Waals surface area (Å²) in [5, 5.41) is 18.8.